The van der Waals surface area contributed by atoms with E-state index in [0.717, 1.165) is 16.7 Å². The number of fused-ring (bicyclic) bond motifs is 9. The minimum absolute atomic E-state index is 0.0429. The first-order valence-electron chi connectivity index (χ1n) is 16.1. The molecule has 13 heteroatoms. The van der Waals surface area contributed by atoms with Crippen molar-refractivity contribution in [2.45, 2.75) is 83.7 Å². The number of hydrogen-bond acceptors (Lipinski definition) is 11. The molecule has 13 nitrogen and oxygen atoms in total. The second-order valence-electron chi connectivity index (χ2n) is 12.8. The molecule has 1 saturated heterocycles. The summed E-state index contributed by atoms with van der Waals surface area (Å²) in [4.78, 5) is 42.3. The molecule has 3 N–H and O–H groups in total. The molecule has 0 radical (unpaired) electrons. The van der Waals surface area contributed by atoms with Crippen LogP contribution in [0.4, 0.5) is 0 Å². The molecule has 254 valence electrons. The van der Waals surface area contributed by atoms with Gasteiger partial charge in [-0.25, -0.2) is 0 Å². The third-order valence-electron chi connectivity index (χ3n) is 10.1. The lowest BCUT2D eigenvalue weighted by atomic mass is 9.71. The number of benzene rings is 2. The Morgan fingerprint density at radius 1 is 1.17 bits per heavy atom. The van der Waals surface area contributed by atoms with Crippen molar-refractivity contribution in [2.75, 3.05) is 27.5 Å². The lowest BCUT2D eigenvalue weighted by Crippen LogP contribution is -2.69. The molecule has 0 aromatic heterocycles. The van der Waals surface area contributed by atoms with Crippen molar-refractivity contribution in [3.63, 3.8) is 0 Å². The fourth-order valence-electron chi connectivity index (χ4n) is 8.14. The predicted octanol–water partition coefficient (Wildman–Crippen LogP) is 2.64. The molecule has 0 aliphatic carbocycles. The molecule has 2 amide bonds. The summed E-state index contributed by atoms with van der Waals surface area (Å²) in [5.41, 5.74) is 4.45. The van der Waals surface area contributed by atoms with Gasteiger partial charge in [-0.3, -0.25) is 24.2 Å². The van der Waals surface area contributed by atoms with Gasteiger partial charge in [0.1, 0.15) is 17.8 Å². The summed E-state index contributed by atoms with van der Waals surface area (Å²) in [5.74, 6) is 0.408. The number of aryl methyl sites for hydroxylation is 1. The number of carbonyl (C=O) groups is 3. The summed E-state index contributed by atoms with van der Waals surface area (Å²) in [6.45, 7) is 8.33. The Morgan fingerprint density at radius 3 is 2.56 bits per heavy atom. The number of phenols is 1. The molecule has 0 spiro atoms. The second kappa shape index (κ2) is 12.7. The topological polar surface area (TPSA) is 163 Å². The molecule has 1 fully saturated rings. The Kier molecular flexibility index (Phi) is 8.74. The first-order valence-corrected chi connectivity index (χ1v) is 16.1. The number of likely N-dealkylation sites (N-methyl/N-ethyl adjacent to an activating group) is 1. The largest absolute Gasteiger partial charge is 0.504 e. The van der Waals surface area contributed by atoms with Crippen LogP contribution in [-0.4, -0.2) is 84.4 Å². The smallest absolute Gasteiger partial charge is 0.308 e. The van der Waals surface area contributed by atoms with Gasteiger partial charge in [0.05, 0.1) is 25.3 Å². The van der Waals surface area contributed by atoms with E-state index >= 15 is 0 Å². The Labute approximate surface area is 279 Å². The number of nitrogens with zero attached hydrogens (tertiary/aromatic N) is 3. The zero-order chi connectivity index (χ0) is 34.6. The first kappa shape index (κ1) is 33.1. The van der Waals surface area contributed by atoms with Crippen LogP contribution in [0.5, 0.6) is 28.7 Å². The molecule has 6 atom stereocenters. The van der Waals surface area contributed by atoms with E-state index in [-0.39, 0.29) is 31.2 Å². The van der Waals surface area contributed by atoms with Crippen molar-refractivity contribution in [1.29, 1.82) is 5.26 Å². The second-order valence-corrected chi connectivity index (χ2v) is 12.8. The van der Waals surface area contributed by atoms with Crippen molar-refractivity contribution >= 4 is 17.8 Å². The number of nitriles is 1. The van der Waals surface area contributed by atoms with Crippen molar-refractivity contribution < 1.29 is 38.4 Å². The van der Waals surface area contributed by atoms with Crippen molar-refractivity contribution in [2.24, 2.45) is 0 Å². The van der Waals surface area contributed by atoms with Gasteiger partial charge in [0, 0.05) is 47.8 Å². The minimum atomic E-state index is -0.842. The normalized spacial score (nSPS) is 24.5. The van der Waals surface area contributed by atoms with Gasteiger partial charge in [0.15, 0.2) is 23.0 Å². The van der Waals surface area contributed by atoms with E-state index in [4.69, 9.17) is 18.9 Å². The fraction of sp³-hybridized carbons (Fsp3) is 0.486. The fourth-order valence-corrected chi connectivity index (χ4v) is 8.14. The number of amides is 2. The molecular weight excluding hydrogens is 618 g/mol. The van der Waals surface area contributed by atoms with Gasteiger partial charge in [-0.1, -0.05) is 12.1 Å². The maximum absolute atomic E-state index is 13.4. The monoisotopic (exact) mass is 659 g/mol. The van der Waals surface area contributed by atoms with E-state index < -0.39 is 42.0 Å². The van der Waals surface area contributed by atoms with E-state index in [1.165, 1.54) is 20.1 Å². The number of ether oxygens (including phenoxy) is 4. The van der Waals surface area contributed by atoms with Crippen LogP contribution in [0.15, 0.2) is 18.2 Å². The zero-order valence-electron chi connectivity index (χ0n) is 28.2. The van der Waals surface area contributed by atoms with Crippen LogP contribution in [0.3, 0.4) is 0 Å². The lowest BCUT2D eigenvalue weighted by molar-refractivity contribution is -0.132. The van der Waals surface area contributed by atoms with Crippen molar-refractivity contribution in [3.05, 3.63) is 51.6 Å². The van der Waals surface area contributed by atoms with E-state index in [1.54, 1.807) is 26.8 Å². The highest BCUT2D eigenvalue weighted by Crippen LogP contribution is 2.58. The molecule has 2 bridgehead atoms. The van der Waals surface area contributed by atoms with Gasteiger partial charge in [0.2, 0.25) is 18.6 Å². The van der Waals surface area contributed by atoms with Crippen LogP contribution >= 0.6 is 0 Å². The molecule has 2 aromatic carbocycles. The summed E-state index contributed by atoms with van der Waals surface area (Å²) >= 11 is 0. The average Bonchev–Trinajstić information content (AvgIpc) is 3.52. The van der Waals surface area contributed by atoms with E-state index in [9.17, 15) is 24.8 Å². The Bertz CT molecular complexity index is 1770. The van der Waals surface area contributed by atoms with Crippen LogP contribution in [0.25, 0.3) is 0 Å². The van der Waals surface area contributed by atoms with Gasteiger partial charge in [-0.05, 0) is 64.8 Å². The SMILES string of the molecule is C/C=C/C(=O)N[C@@H](C)C(=O)NC[C@H]1c2c(c(OC(C)=O)c(C)c3c2OCO3)CC2C3c4c(cc(C)c(OC)c4O)CC([C@H](C#N)N21)N3C. The Hall–Kier alpha value is -4.80. The summed E-state index contributed by atoms with van der Waals surface area (Å²) in [6.07, 6.45) is 3.77. The summed E-state index contributed by atoms with van der Waals surface area (Å²) < 4.78 is 23.5. The minimum Gasteiger partial charge on any atom is -0.504 e. The maximum Gasteiger partial charge on any atom is 0.308 e. The van der Waals surface area contributed by atoms with Gasteiger partial charge in [0.25, 0.3) is 0 Å². The van der Waals surface area contributed by atoms with Gasteiger partial charge in [-0.15, -0.1) is 0 Å². The van der Waals surface area contributed by atoms with Crippen molar-refractivity contribution in [1.82, 2.24) is 20.4 Å². The number of methoxy groups -OCH3 is 1. The Morgan fingerprint density at radius 2 is 1.90 bits per heavy atom. The van der Waals surface area contributed by atoms with E-state index in [2.05, 4.69) is 26.5 Å². The van der Waals surface area contributed by atoms with Crippen LogP contribution in [0.2, 0.25) is 0 Å². The van der Waals surface area contributed by atoms with Crippen LogP contribution in [0.1, 0.15) is 66.2 Å². The molecule has 6 rings (SSSR count). The highest BCUT2D eigenvalue weighted by molar-refractivity contribution is 5.92. The number of phenolic OH excluding ortho intramolecular Hbond substituents is 1. The third kappa shape index (κ3) is 5.20. The summed E-state index contributed by atoms with van der Waals surface area (Å²) in [5, 5.41) is 28.2. The number of aromatic hydroxyl groups is 1. The van der Waals surface area contributed by atoms with E-state index in [1.807, 2.05) is 20.0 Å². The van der Waals surface area contributed by atoms with Crippen LogP contribution in [-0.2, 0) is 27.2 Å². The highest BCUT2D eigenvalue weighted by atomic mass is 16.7. The van der Waals surface area contributed by atoms with E-state index in [0.29, 0.717) is 52.5 Å². The number of piperazine rings is 1. The number of esters is 1. The third-order valence-corrected chi connectivity index (χ3v) is 10.1. The average molecular weight is 660 g/mol. The van der Waals surface area contributed by atoms with Gasteiger partial charge in [-0.2, -0.15) is 5.26 Å². The summed E-state index contributed by atoms with van der Waals surface area (Å²) in [7, 11) is 3.49. The number of hydrogen-bond donors (Lipinski definition) is 3. The molecule has 2 aromatic rings. The number of rotatable bonds is 7. The van der Waals surface area contributed by atoms with Gasteiger partial charge >= 0.3 is 5.97 Å². The number of allylic oxidation sites excluding steroid dienone is 1. The zero-order valence-corrected chi connectivity index (χ0v) is 28.2. The van der Waals surface area contributed by atoms with Crippen molar-refractivity contribution in [3.8, 4) is 34.8 Å². The Balaban J connectivity index is 1.53. The summed E-state index contributed by atoms with van der Waals surface area (Å²) in [6, 6.07) is 1.43. The first-order chi connectivity index (χ1) is 22.9. The number of nitrogens with one attached hydrogen (secondary N) is 2. The number of carbonyl (C=O) groups excluding carboxylic acids is 3. The molecule has 0 saturated carbocycles. The quantitative estimate of drug-likeness (QED) is 0.228. The predicted molar refractivity (Wildman–Crippen MR) is 173 cm³/mol. The molecule has 4 aliphatic rings. The lowest BCUT2D eigenvalue weighted by Gasteiger charge is -2.60. The highest BCUT2D eigenvalue weighted by Gasteiger charge is 2.57. The maximum atomic E-state index is 13.4. The van der Waals surface area contributed by atoms with Crippen LogP contribution in [0, 0.1) is 25.2 Å². The molecule has 4 aliphatic heterocycles. The molecule has 48 heavy (non-hydrogen) atoms. The standard InChI is InChI=1S/C35H41N5O8/c1-8-9-26(42)38-18(4)35(44)37-14-25-28-21(32(48-19(5)41)17(3)33-34(28)47-15-46-33)12-23-29-27-20(10-16(2)31(45-7)30(27)43)11-22(39(29)6)24(13-36)40(23)25/h8-10,18,22-25,29,43H,11-12,14-15H2,1-7H3,(H,37,44)(H,38,42)/b9-8+/t18-,22?,23?,24-,25-,29?/m0/s1. The molecule has 4 heterocycles. The molecular formula is C35H41N5O8. The molecule has 3 unspecified atom stereocenters. The van der Waals surface area contributed by atoms with Crippen LogP contribution < -0.4 is 29.6 Å². The van der Waals surface area contributed by atoms with Gasteiger partial charge < -0.3 is 34.7 Å².